The van der Waals surface area contributed by atoms with Gasteiger partial charge in [-0.1, -0.05) is 74.0 Å². The van der Waals surface area contributed by atoms with Crippen LogP contribution in [0.25, 0.3) is 0 Å². The van der Waals surface area contributed by atoms with E-state index in [1.54, 1.807) is 0 Å². The van der Waals surface area contributed by atoms with Crippen LogP contribution >= 0.6 is 60.9 Å². The molecule has 0 aliphatic heterocycles. The van der Waals surface area contributed by atoms with Gasteiger partial charge in [0.1, 0.15) is 0 Å². The Labute approximate surface area is 223 Å². The van der Waals surface area contributed by atoms with Crippen LogP contribution in [-0.4, -0.2) is 38.6 Å². The molecule has 32 heavy (non-hydrogen) atoms. The fourth-order valence-corrected chi connectivity index (χ4v) is 29.4. The average molecular weight is 591 g/mol. The van der Waals surface area contributed by atoms with E-state index in [9.17, 15) is 0 Å². The van der Waals surface area contributed by atoms with Crippen molar-refractivity contribution in [2.75, 3.05) is 0 Å². The van der Waals surface area contributed by atoms with E-state index in [0.29, 0.717) is 22.0 Å². The third kappa shape index (κ3) is 11.2. The summed E-state index contributed by atoms with van der Waals surface area (Å²) in [6.45, 7) is 14.4. The Morgan fingerprint density at radius 3 is 1.25 bits per heavy atom. The van der Waals surface area contributed by atoms with Crippen molar-refractivity contribution in [3.05, 3.63) is 0 Å². The highest BCUT2D eigenvalue weighted by atomic mass is 33.9. The van der Waals surface area contributed by atoms with Gasteiger partial charge in [-0.3, -0.25) is 0 Å². The molecule has 0 aromatic rings. The molecule has 2 atom stereocenters. The Bertz CT molecular complexity index is 459. The largest absolute Gasteiger partial charge is 0.413 e. The van der Waals surface area contributed by atoms with Crippen LogP contribution in [-0.2, 0) is 8.85 Å². The van der Waals surface area contributed by atoms with Crippen molar-refractivity contribution in [1.82, 2.24) is 0 Å². The van der Waals surface area contributed by atoms with E-state index in [1.807, 2.05) is 39.3 Å². The van der Waals surface area contributed by atoms with Gasteiger partial charge in [-0.15, -0.1) is 0 Å². The molecule has 0 amide bonds. The topological polar surface area (TPSA) is 18.5 Å². The second-order valence-electron chi connectivity index (χ2n) is 10.2. The van der Waals surface area contributed by atoms with Gasteiger partial charge in [-0.25, -0.2) is 0 Å². The molecule has 2 rings (SSSR count). The van der Waals surface area contributed by atoms with E-state index in [1.165, 1.54) is 77.0 Å². The molecule has 190 valence electrons. The zero-order chi connectivity index (χ0) is 23.5. The van der Waals surface area contributed by atoms with Crippen molar-refractivity contribution in [2.24, 2.45) is 0 Å². The van der Waals surface area contributed by atoms with Gasteiger partial charge >= 0.3 is 0 Å². The van der Waals surface area contributed by atoms with Crippen LogP contribution in [0.15, 0.2) is 0 Å². The summed E-state index contributed by atoms with van der Waals surface area (Å²) in [5.41, 5.74) is 0. The second kappa shape index (κ2) is 16.3. The van der Waals surface area contributed by atoms with E-state index in [0.717, 1.165) is 0 Å². The molecule has 0 N–H and O–H groups in total. The van der Waals surface area contributed by atoms with Gasteiger partial charge < -0.3 is 8.85 Å². The fourth-order valence-electron chi connectivity index (χ4n) is 4.88. The Morgan fingerprint density at radius 2 is 0.938 bits per heavy atom. The second-order valence-corrected chi connectivity index (χ2v) is 29.1. The van der Waals surface area contributed by atoms with E-state index >= 15 is 0 Å². The average Bonchev–Trinajstić information content (AvgIpc) is 2.76. The van der Waals surface area contributed by atoms with Crippen LogP contribution in [0.1, 0.15) is 90.9 Å². The highest BCUT2D eigenvalue weighted by Gasteiger charge is 2.37. The molecular formula is C22H46O2S6Si2. The zero-order valence-corrected chi connectivity index (χ0v) is 28.0. The molecule has 2 saturated carbocycles. The SMILES string of the molecule is CCC(SSSSSSC(CC)[Si](C)(C)OC1CCCCC1)[Si](C)(C)OC1CCCCC1. The number of hydrogen-bond donors (Lipinski definition) is 0. The first kappa shape index (κ1) is 30.7. The molecule has 0 heterocycles. The van der Waals surface area contributed by atoms with Crippen molar-refractivity contribution in [1.29, 1.82) is 0 Å². The minimum absolute atomic E-state index is 0.536. The smallest absolute Gasteiger partial charge is 0.200 e. The van der Waals surface area contributed by atoms with Crippen LogP contribution in [0.3, 0.4) is 0 Å². The molecule has 2 fully saturated rings. The van der Waals surface area contributed by atoms with E-state index in [-0.39, 0.29) is 0 Å². The molecule has 2 aliphatic carbocycles. The summed E-state index contributed by atoms with van der Waals surface area (Å²) in [6.07, 6.45) is 16.9. The standard InChI is InChI=1S/C22H46O2S6Si2/c1-7-21(31(3,4)23-19-15-11-9-12-16-19)25-27-29-30-28-26-22(8-2)32(5,6)24-20-17-13-10-14-18-20/h19-22H,7-18H2,1-6H3. The first-order valence-corrected chi connectivity index (χ1v) is 26.2. The van der Waals surface area contributed by atoms with Gasteiger partial charge in [-0.05, 0) is 104 Å². The highest BCUT2D eigenvalue weighted by molar-refractivity contribution is 9.42. The lowest BCUT2D eigenvalue weighted by Crippen LogP contribution is -2.45. The quantitative estimate of drug-likeness (QED) is 0.105. The highest BCUT2D eigenvalue weighted by Crippen LogP contribution is 2.56. The Balaban J connectivity index is 1.65. The van der Waals surface area contributed by atoms with Gasteiger partial charge in [0.25, 0.3) is 0 Å². The van der Waals surface area contributed by atoms with Crippen molar-refractivity contribution >= 4 is 77.5 Å². The summed E-state index contributed by atoms with van der Waals surface area (Å²) >= 11 is 0. The summed E-state index contributed by atoms with van der Waals surface area (Å²) in [7, 11) is 8.62. The first-order chi connectivity index (χ1) is 15.3. The van der Waals surface area contributed by atoms with E-state index in [2.05, 4.69) is 61.6 Å². The number of hydrogen-bond acceptors (Lipinski definition) is 8. The van der Waals surface area contributed by atoms with Gasteiger partial charge in [0.2, 0.25) is 16.6 Å². The fraction of sp³-hybridized carbons (Fsp3) is 1.00. The molecule has 10 heteroatoms. The van der Waals surface area contributed by atoms with Gasteiger partial charge in [0, 0.05) is 22.0 Å². The van der Waals surface area contributed by atoms with Crippen molar-refractivity contribution < 1.29 is 8.85 Å². The van der Waals surface area contributed by atoms with E-state index < -0.39 is 16.6 Å². The predicted octanol–water partition coefficient (Wildman–Crippen LogP) is 10.7. The summed E-state index contributed by atoms with van der Waals surface area (Å²) in [4.78, 5) is 1.33. The lowest BCUT2D eigenvalue weighted by Gasteiger charge is -2.36. The van der Waals surface area contributed by atoms with Crippen molar-refractivity contribution in [2.45, 2.75) is 139 Å². The monoisotopic (exact) mass is 590 g/mol. The molecular weight excluding hydrogens is 545 g/mol. The summed E-state index contributed by atoms with van der Waals surface area (Å²) in [6, 6.07) is 0. The molecule has 2 unspecified atom stereocenters. The summed E-state index contributed by atoms with van der Waals surface area (Å²) in [5, 5.41) is 0. The third-order valence-corrected chi connectivity index (χ3v) is 28.9. The third-order valence-electron chi connectivity index (χ3n) is 6.73. The van der Waals surface area contributed by atoms with Crippen LogP contribution in [0.5, 0.6) is 0 Å². The minimum Gasteiger partial charge on any atom is -0.413 e. The first-order valence-electron chi connectivity index (χ1n) is 12.6. The Morgan fingerprint density at radius 1 is 0.594 bits per heavy atom. The van der Waals surface area contributed by atoms with Gasteiger partial charge in [0.05, 0.1) is 0 Å². The van der Waals surface area contributed by atoms with Crippen molar-refractivity contribution in [3.63, 3.8) is 0 Å². The Kier molecular flexibility index (Phi) is 15.7. The summed E-state index contributed by atoms with van der Waals surface area (Å²) < 4.78 is 13.5. The molecule has 2 nitrogen and oxygen atoms in total. The molecule has 2 aliphatic rings. The molecule has 0 aromatic carbocycles. The van der Waals surface area contributed by atoms with Crippen LogP contribution in [0, 0.1) is 0 Å². The lowest BCUT2D eigenvalue weighted by atomic mass is 9.98. The summed E-state index contributed by atoms with van der Waals surface area (Å²) in [5.74, 6) is 0. The van der Waals surface area contributed by atoms with Gasteiger partial charge in [-0.2, -0.15) is 0 Å². The zero-order valence-electron chi connectivity index (χ0n) is 21.1. The minimum atomic E-state index is -1.66. The molecule has 0 spiro atoms. The molecule has 0 bridgehead atoms. The Hall–Kier alpha value is 2.45. The number of rotatable bonds is 15. The molecule has 0 radical (unpaired) electrons. The van der Waals surface area contributed by atoms with Crippen molar-refractivity contribution in [3.8, 4) is 0 Å². The predicted molar refractivity (Wildman–Crippen MR) is 165 cm³/mol. The maximum absolute atomic E-state index is 6.73. The van der Waals surface area contributed by atoms with Crippen LogP contribution in [0.2, 0.25) is 26.2 Å². The van der Waals surface area contributed by atoms with E-state index in [4.69, 9.17) is 8.85 Å². The van der Waals surface area contributed by atoms with Crippen LogP contribution in [0.4, 0.5) is 0 Å². The van der Waals surface area contributed by atoms with Gasteiger partial charge in [0.15, 0.2) is 0 Å². The van der Waals surface area contributed by atoms with Crippen LogP contribution < -0.4 is 0 Å². The normalized spacial score (nSPS) is 21.6. The maximum Gasteiger partial charge on any atom is 0.200 e. The maximum atomic E-state index is 6.73. The molecule has 0 saturated heterocycles. The lowest BCUT2D eigenvalue weighted by molar-refractivity contribution is 0.144. The molecule has 0 aromatic heterocycles.